The summed E-state index contributed by atoms with van der Waals surface area (Å²) in [5.74, 6) is -3.70. The summed E-state index contributed by atoms with van der Waals surface area (Å²) in [4.78, 5) is 47.3. The zero-order valence-corrected chi connectivity index (χ0v) is 20.3. The Bertz CT molecular complexity index is 1180. The van der Waals surface area contributed by atoms with Crippen molar-refractivity contribution in [2.24, 2.45) is 10.2 Å². The molecular weight excluding hydrogens is 506 g/mol. The molecular formula is C25H24ClN3O8. The number of amides is 1. The lowest BCUT2D eigenvalue weighted by Gasteiger charge is -2.09. The van der Waals surface area contributed by atoms with E-state index in [-0.39, 0.29) is 36.8 Å². The fraction of sp³-hybridized carbons (Fsp3) is 0.200. The predicted molar refractivity (Wildman–Crippen MR) is 133 cm³/mol. The molecule has 11 nitrogen and oxygen atoms in total. The molecule has 0 heterocycles. The van der Waals surface area contributed by atoms with Crippen molar-refractivity contribution in [2.75, 3.05) is 25.1 Å². The summed E-state index contributed by atoms with van der Waals surface area (Å²) in [6, 6.07) is 14.9. The minimum absolute atomic E-state index is 0.156. The second kappa shape index (κ2) is 15.5. The smallest absolute Gasteiger partial charge is 0.330 e. The van der Waals surface area contributed by atoms with Gasteiger partial charge in [0.25, 0.3) is 5.91 Å². The number of carbonyl (C=O) groups excluding carboxylic acids is 4. The Morgan fingerprint density at radius 2 is 1.54 bits per heavy atom. The van der Waals surface area contributed by atoms with Crippen LogP contribution in [-0.2, 0) is 33.4 Å². The quantitative estimate of drug-likeness (QED) is 0.0964. The molecule has 2 rings (SSSR count). The van der Waals surface area contributed by atoms with Crippen LogP contribution in [-0.4, -0.2) is 48.7 Å². The van der Waals surface area contributed by atoms with Crippen LogP contribution in [0, 0.1) is 0 Å². The van der Waals surface area contributed by atoms with Crippen LogP contribution in [0.4, 0.5) is 11.4 Å². The Morgan fingerprint density at radius 3 is 2.22 bits per heavy atom. The van der Waals surface area contributed by atoms with E-state index in [1.54, 1.807) is 54.6 Å². The zero-order chi connectivity index (χ0) is 27.0. The minimum Gasteiger partial charge on any atom is -0.506 e. The second-order valence-corrected chi connectivity index (χ2v) is 7.43. The van der Waals surface area contributed by atoms with Gasteiger partial charge in [-0.3, -0.25) is 14.4 Å². The molecule has 0 saturated heterocycles. The molecule has 2 aromatic carbocycles. The molecule has 0 saturated carbocycles. The van der Waals surface area contributed by atoms with Crippen LogP contribution >= 0.6 is 11.6 Å². The average molecular weight is 530 g/mol. The van der Waals surface area contributed by atoms with Gasteiger partial charge in [0.1, 0.15) is 18.9 Å². The van der Waals surface area contributed by atoms with Gasteiger partial charge in [0.05, 0.1) is 17.9 Å². The summed E-state index contributed by atoms with van der Waals surface area (Å²) in [6.07, 6.45) is 0.300. The van der Waals surface area contributed by atoms with Crippen molar-refractivity contribution in [3.8, 4) is 0 Å². The predicted octanol–water partition coefficient (Wildman–Crippen LogP) is 4.43. The summed E-state index contributed by atoms with van der Waals surface area (Å²) < 4.78 is 14.4. The molecule has 0 bridgehead atoms. The Balaban J connectivity index is 1.98. The summed E-state index contributed by atoms with van der Waals surface area (Å²) in [6.45, 7) is 2.18. The lowest BCUT2D eigenvalue weighted by molar-refractivity contribution is -0.152. The number of esters is 3. The number of hydrogen-bond acceptors (Lipinski definition) is 10. The number of halogens is 1. The maximum absolute atomic E-state index is 12.8. The number of ether oxygens (including phenoxy) is 3. The summed E-state index contributed by atoms with van der Waals surface area (Å²) in [7, 11) is 0. The highest BCUT2D eigenvalue weighted by Gasteiger charge is 2.18. The van der Waals surface area contributed by atoms with Gasteiger partial charge in [-0.2, -0.15) is 0 Å². The number of nitrogens with one attached hydrogen (secondary N) is 1. The number of rotatable bonds is 13. The molecule has 0 unspecified atom stereocenters. The number of para-hydroxylation sites is 1. The van der Waals surface area contributed by atoms with Gasteiger partial charge in [-0.1, -0.05) is 48.5 Å². The van der Waals surface area contributed by atoms with Gasteiger partial charge in [-0.25, -0.2) is 4.79 Å². The molecule has 2 N–H and O–H groups in total. The van der Waals surface area contributed by atoms with Crippen molar-refractivity contribution in [1.82, 2.24) is 0 Å². The average Bonchev–Trinajstić information content (AvgIpc) is 2.90. The van der Waals surface area contributed by atoms with Crippen molar-refractivity contribution < 1.29 is 38.5 Å². The van der Waals surface area contributed by atoms with Crippen LogP contribution in [0.2, 0.25) is 5.02 Å². The van der Waals surface area contributed by atoms with Crippen LogP contribution in [0.3, 0.4) is 0 Å². The second-order valence-electron chi connectivity index (χ2n) is 7.02. The fourth-order valence-electron chi connectivity index (χ4n) is 2.51. The largest absolute Gasteiger partial charge is 0.506 e. The first-order chi connectivity index (χ1) is 17.8. The zero-order valence-electron chi connectivity index (χ0n) is 19.6. The topological polar surface area (TPSA) is 153 Å². The lowest BCUT2D eigenvalue weighted by Crippen LogP contribution is -2.18. The molecule has 1 amide bonds. The maximum Gasteiger partial charge on any atom is 0.330 e. The molecule has 0 spiro atoms. The maximum atomic E-state index is 12.8. The molecule has 0 aliphatic heterocycles. The molecule has 0 atom stereocenters. The highest BCUT2D eigenvalue weighted by molar-refractivity contribution is 6.32. The number of anilines is 1. The van der Waals surface area contributed by atoms with Crippen LogP contribution in [0.15, 0.2) is 88.9 Å². The minimum atomic E-state index is -0.840. The summed E-state index contributed by atoms with van der Waals surface area (Å²) in [5.41, 5.74) is 0.169. The van der Waals surface area contributed by atoms with E-state index >= 15 is 0 Å². The van der Waals surface area contributed by atoms with Crippen molar-refractivity contribution in [3.63, 3.8) is 0 Å². The number of aliphatic hydroxyl groups is 1. The summed E-state index contributed by atoms with van der Waals surface area (Å²) in [5, 5.41) is 21.0. The Kier molecular flexibility index (Phi) is 12.0. The van der Waals surface area contributed by atoms with Crippen LogP contribution in [0.25, 0.3) is 0 Å². The van der Waals surface area contributed by atoms with Crippen LogP contribution in [0.1, 0.15) is 12.8 Å². The van der Waals surface area contributed by atoms with Gasteiger partial charge in [-0.05, 0) is 24.3 Å². The van der Waals surface area contributed by atoms with E-state index in [1.165, 1.54) is 0 Å². The first-order valence-corrected chi connectivity index (χ1v) is 11.2. The molecule has 0 fully saturated rings. The Labute approximate surface area is 217 Å². The highest BCUT2D eigenvalue weighted by Crippen LogP contribution is 2.25. The lowest BCUT2D eigenvalue weighted by atomic mass is 10.3. The van der Waals surface area contributed by atoms with E-state index in [0.29, 0.717) is 5.69 Å². The number of benzene rings is 2. The monoisotopic (exact) mass is 529 g/mol. The normalized spacial score (nSPS) is 11.3. The van der Waals surface area contributed by atoms with Gasteiger partial charge in [0.2, 0.25) is 0 Å². The van der Waals surface area contributed by atoms with Crippen molar-refractivity contribution in [2.45, 2.75) is 12.8 Å². The van der Waals surface area contributed by atoms with Crippen molar-refractivity contribution in [1.29, 1.82) is 0 Å². The molecule has 194 valence electrons. The molecule has 0 aromatic heterocycles. The standard InChI is InChI=1S/C25H24ClN3O8/c1-2-21(31)35-14-15-36-22(32)12-13-23(33)37-16-20(30)24(25(34)27-17-8-4-3-5-9-17)29-28-19-11-7-6-10-18(19)26/h2-11,30H,1,12-16H2,(H,27,34). The molecule has 37 heavy (non-hydrogen) atoms. The Hall–Kier alpha value is -4.51. The molecule has 0 aliphatic carbocycles. The highest BCUT2D eigenvalue weighted by atomic mass is 35.5. The van der Waals surface area contributed by atoms with Crippen LogP contribution in [0.5, 0.6) is 0 Å². The number of carbonyl (C=O) groups is 4. The van der Waals surface area contributed by atoms with E-state index < -0.39 is 41.9 Å². The van der Waals surface area contributed by atoms with Gasteiger partial charge >= 0.3 is 17.9 Å². The SMILES string of the molecule is C=CC(=O)OCCOC(=O)CCC(=O)OCC(O)=C(N=Nc1ccccc1Cl)C(=O)Nc1ccccc1. The van der Waals surface area contributed by atoms with Crippen molar-refractivity contribution >= 4 is 46.8 Å². The summed E-state index contributed by atoms with van der Waals surface area (Å²) >= 11 is 6.05. The molecule has 0 aliphatic rings. The first-order valence-electron chi connectivity index (χ1n) is 10.9. The molecule has 2 aromatic rings. The van der Waals surface area contributed by atoms with Gasteiger partial charge in [0.15, 0.2) is 18.1 Å². The van der Waals surface area contributed by atoms with Gasteiger partial charge in [-0.15, -0.1) is 10.2 Å². The van der Waals surface area contributed by atoms with E-state index in [2.05, 4.69) is 26.9 Å². The number of hydrogen-bond donors (Lipinski definition) is 2. The van der Waals surface area contributed by atoms with Crippen molar-refractivity contribution in [3.05, 3.63) is 83.7 Å². The van der Waals surface area contributed by atoms with E-state index in [4.69, 9.17) is 21.1 Å². The molecule has 0 radical (unpaired) electrons. The van der Waals surface area contributed by atoms with E-state index in [0.717, 1.165) is 6.08 Å². The van der Waals surface area contributed by atoms with E-state index in [1.807, 2.05) is 0 Å². The van der Waals surface area contributed by atoms with Gasteiger partial charge in [0, 0.05) is 11.8 Å². The van der Waals surface area contributed by atoms with Crippen LogP contribution < -0.4 is 5.32 Å². The van der Waals surface area contributed by atoms with E-state index in [9.17, 15) is 24.3 Å². The van der Waals surface area contributed by atoms with Gasteiger partial charge < -0.3 is 24.6 Å². The third-order valence-corrected chi connectivity index (χ3v) is 4.61. The number of azo groups is 1. The third kappa shape index (κ3) is 10.7. The fourth-order valence-corrected chi connectivity index (χ4v) is 2.68. The number of aliphatic hydroxyl groups excluding tert-OH is 1. The Morgan fingerprint density at radius 1 is 0.919 bits per heavy atom. The molecule has 12 heteroatoms. The first kappa shape index (κ1) is 28.7. The third-order valence-electron chi connectivity index (χ3n) is 4.29. The number of nitrogens with zero attached hydrogens (tertiary/aromatic N) is 2.